The largest absolute Gasteiger partial charge is 0.377 e. The second-order valence-electron chi connectivity index (χ2n) is 2.88. The molecule has 0 fully saturated rings. The monoisotopic (exact) mass is 248 g/mol. The third-order valence-electron chi connectivity index (χ3n) is 1.40. The predicted octanol–water partition coefficient (Wildman–Crippen LogP) is 1.05. The predicted molar refractivity (Wildman–Crippen MR) is 53.2 cm³/mol. The van der Waals surface area contributed by atoms with E-state index in [0.717, 1.165) is 0 Å². The van der Waals surface area contributed by atoms with Gasteiger partial charge in [0.25, 0.3) is 0 Å². The standard InChI is InChI=1S/C7H13BrN4O/c1-5(2)13-4-3-12-6(8)10-7(9)11-12/h5H,3-4H2,1-2H3,(H2,9,11). The molecule has 0 amide bonds. The molecule has 0 spiro atoms. The Hall–Kier alpha value is -0.620. The molecule has 1 aromatic heterocycles. The summed E-state index contributed by atoms with van der Waals surface area (Å²) in [5.74, 6) is 0.274. The molecule has 6 heteroatoms. The number of nitrogen functional groups attached to an aromatic ring is 1. The van der Waals surface area contributed by atoms with Crippen LogP contribution in [0.25, 0.3) is 0 Å². The van der Waals surface area contributed by atoms with Crippen LogP contribution >= 0.6 is 15.9 Å². The highest BCUT2D eigenvalue weighted by atomic mass is 79.9. The molecule has 0 aromatic carbocycles. The summed E-state index contributed by atoms with van der Waals surface area (Å²) in [5, 5.41) is 3.96. The first-order valence-corrected chi connectivity index (χ1v) is 4.86. The van der Waals surface area contributed by atoms with Crippen molar-refractivity contribution in [1.29, 1.82) is 0 Å². The molecule has 1 heterocycles. The average molecular weight is 249 g/mol. The van der Waals surface area contributed by atoms with Crippen LogP contribution in [0.1, 0.15) is 13.8 Å². The Morgan fingerprint density at radius 1 is 1.62 bits per heavy atom. The fraction of sp³-hybridized carbons (Fsp3) is 0.714. The minimum atomic E-state index is 0.236. The van der Waals surface area contributed by atoms with Gasteiger partial charge in [0.1, 0.15) is 0 Å². The maximum atomic E-state index is 5.40. The van der Waals surface area contributed by atoms with Gasteiger partial charge in [-0.05, 0) is 29.8 Å². The Kier molecular flexibility index (Phi) is 3.68. The highest BCUT2D eigenvalue weighted by Crippen LogP contribution is 2.07. The van der Waals surface area contributed by atoms with Crippen LogP contribution in [-0.2, 0) is 11.3 Å². The van der Waals surface area contributed by atoms with E-state index in [0.29, 0.717) is 17.9 Å². The number of aromatic nitrogens is 3. The Morgan fingerprint density at radius 2 is 2.31 bits per heavy atom. The van der Waals surface area contributed by atoms with Crippen LogP contribution in [0.3, 0.4) is 0 Å². The number of anilines is 1. The fourth-order valence-electron chi connectivity index (χ4n) is 0.857. The van der Waals surface area contributed by atoms with Crippen molar-refractivity contribution >= 4 is 21.9 Å². The van der Waals surface area contributed by atoms with Crippen LogP contribution in [0.5, 0.6) is 0 Å². The summed E-state index contributed by atoms with van der Waals surface area (Å²) in [6.45, 7) is 5.25. The van der Waals surface area contributed by atoms with Gasteiger partial charge in [-0.15, -0.1) is 5.10 Å². The lowest BCUT2D eigenvalue weighted by atomic mass is 10.5. The van der Waals surface area contributed by atoms with Crippen LogP contribution in [0.15, 0.2) is 4.73 Å². The normalized spacial score (nSPS) is 11.1. The number of hydrogen-bond donors (Lipinski definition) is 1. The van der Waals surface area contributed by atoms with Gasteiger partial charge in [0, 0.05) is 0 Å². The van der Waals surface area contributed by atoms with E-state index in [2.05, 4.69) is 26.0 Å². The second kappa shape index (κ2) is 4.57. The lowest BCUT2D eigenvalue weighted by molar-refractivity contribution is 0.0706. The molecule has 13 heavy (non-hydrogen) atoms. The van der Waals surface area contributed by atoms with Crippen LogP contribution in [-0.4, -0.2) is 27.5 Å². The van der Waals surface area contributed by atoms with Gasteiger partial charge in [-0.1, -0.05) is 0 Å². The number of nitrogens with two attached hydrogens (primary N) is 1. The van der Waals surface area contributed by atoms with Gasteiger partial charge in [0.2, 0.25) is 5.95 Å². The quantitative estimate of drug-likeness (QED) is 0.866. The average Bonchev–Trinajstić information content (AvgIpc) is 2.29. The molecule has 0 saturated carbocycles. The van der Waals surface area contributed by atoms with E-state index in [1.54, 1.807) is 4.68 Å². The Balaban J connectivity index is 2.40. The van der Waals surface area contributed by atoms with Crippen molar-refractivity contribution in [1.82, 2.24) is 14.8 Å². The summed E-state index contributed by atoms with van der Waals surface area (Å²) in [7, 11) is 0. The summed E-state index contributed by atoms with van der Waals surface area (Å²) in [6, 6.07) is 0. The molecule has 0 atom stereocenters. The Bertz CT molecular complexity index is 273. The van der Waals surface area contributed by atoms with Crippen molar-refractivity contribution in [3.05, 3.63) is 4.73 Å². The third kappa shape index (κ3) is 3.31. The summed E-state index contributed by atoms with van der Waals surface area (Å²) in [4.78, 5) is 3.90. The van der Waals surface area contributed by atoms with Gasteiger partial charge in [-0.3, -0.25) is 0 Å². The number of hydrogen-bond acceptors (Lipinski definition) is 4. The van der Waals surface area contributed by atoms with Gasteiger partial charge < -0.3 is 10.5 Å². The van der Waals surface area contributed by atoms with Gasteiger partial charge in [0.05, 0.1) is 19.3 Å². The summed E-state index contributed by atoms with van der Waals surface area (Å²) in [6.07, 6.45) is 0.236. The van der Waals surface area contributed by atoms with Crippen molar-refractivity contribution in [3.63, 3.8) is 0 Å². The molecular weight excluding hydrogens is 236 g/mol. The topological polar surface area (TPSA) is 66.0 Å². The summed E-state index contributed by atoms with van der Waals surface area (Å²) in [5.41, 5.74) is 5.40. The van der Waals surface area contributed by atoms with Crippen molar-refractivity contribution in [2.24, 2.45) is 0 Å². The van der Waals surface area contributed by atoms with Gasteiger partial charge in [-0.25, -0.2) is 4.68 Å². The van der Waals surface area contributed by atoms with Crippen molar-refractivity contribution < 1.29 is 4.74 Å². The number of rotatable bonds is 4. The van der Waals surface area contributed by atoms with Crippen LogP contribution in [0.2, 0.25) is 0 Å². The molecular formula is C7H13BrN4O. The molecule has 1 aromatic rings. The molecule has 0 saturated heterocycles. The van der Waals surface area contributed by atoms with E-state index < -0.39 is 0 Å². The molecule has 0 aliphatic heterocycles. The molecule has 0 unspecified atom stereocenters. The van der Waals surface area contributed by atoms with E-state index >= 15 is 0 Å². The van der Waals surface area contributed by atoms with E-state index in [1.807, 2.05) is 13.8 Å². The molecule has 74 valence electrons. The van der Waals surface area contributed by atoms with Gasteiger partial charge in [-0.2, -0.15) is 4.98 Å². The summed E-state index contributed by atoms with van der Waals surface area (Å²) >= 11 is 3.24. The third-order valence-corrected chi connectivity index (χ3v) is 1.98. The van der Waals surface area contributed by atoms with Crippen molar-refractivity contribution in [3.8, 4) is 0 Å². The lowest BCUT2D eigenvalue weighted by Gasteiger charge is -2.06. The first kappa shape index (κ1) is 10.5. The van der Waals surface area contributed by atoms with E-state index in [-0.39, 0.29) is 12.1 Å². The first-order valence-electron chi connectivity index (χ1n) is 4.07. The number of ether oxygens (including phenoxy) is 1. The zero-order chi connectivity index (χ0) is 9.84. The fourth-order valence-corrected chi connectivity index (χ4v) is 1.29. The van der Waals surface area contributed by atoms with Crippen LogP contribution in [0, 0.1) is 0 Å². The maximum Gasteiger partial charge on any atom is 0.240 e. The van der Waals surface area contributed by atoms with E-state index in [1.165, 1.54) is 0 Å². The lowest BCUT2D eigenvalue weighted by Crippen LogP contribution is -2.11. The Morgan fingerprint density at radius 3 is 2.77 bits per heavy atom. The van der Waals surface area contributed by atoms with E-state index in [4.69, 9.17) is 10.5 Å². The molecule has 0 radical (unpaired) electrons. The van der Waals surface area contributed by atoms with Gasteiger partial charge >= 0.3 is 0 Å². The highest BCUT2D eigenvalue weighted by Gasteiger charge is 2.03. The van der Waals surface area contributed by atoms with E-state index in [9.17, 15) is 0 Å². The minimum absolute atomic E-state index is 0.236. The molecule has 0 bridgehead atoms. The molecule has 2 N–H and O–H groups in total. The number of nitrogens with zero attached hydrogens (tertiary/aromatic N) is 3. The molecule has 0 aliphatic rings. The Labute approximate surface area is 85.4 Å². The summed E-state index contributed by atoms with van der Waals surface area (Å²) < 4.78 is 7.66. The SMILES string of the molecule is CC(C)OCCn1nc(N)nc1Br. The van der Waals surface area contributed by atoms with Crippen LogP contribution < -0.4 is 5.73 Å². The van der Waals surface area contributed by atoms with Crippen molar-refractivity contribution in [2.45, 2.75) is 26.5 Å². The van der Waals surface area contributed by atoms with Crippen molar-refractivity contribution in [2.75, 3.05) is 12.3 Å². The zero-order valence-electron chi connectivity index (χ0n) is 7.70. The molecule has 5 nitrogen and oxygen atoms in total. The first-order chi connectivity index (χ1) is 6.09. The van der Waals surface area contributed by atoms with Crippen LogP contribution in [0.4, 0.5) is 5.95 Å². The molecule has 0 aliphatic carbocycles. The smallest absolute Gasteiger partial charge is 0.240 e. The van der Waals surface area contributed by atoms with Gasteiger partial charge in [0.15, 0.2) is 4.73 Å². The second-order valence-corrected chi connectivity index (χ2v) is 3.59. The zero-order valence-corrected chi connectivity index (χ0v) is 9.28. The minimum Gasteiger partial charge on any atom is -0.377 e. The number of halogens is 1. The maximum absolute atomic E-state index is 5.40. The molecule has 1 rings (SSSR count). The highest BCUT2D eigenvalue weighted by molar-refractivity contribution is 9.10.